The Labute approximate surface area is 178 Å². The predicted molar refractivity (Wildman–Crippen MR) is 112 cm³/mol. The number of halogens is 4. The first-order valence-electron chi connectivity index (χ1n) is 9.18. The first kappa shape index (κ1) is 22.2. The van der Waals surface area contributed by atoms with Crippen LogP contribution in [-0.2, 0) is 16.4 Å². The van der Waals surface area contributed by atoms with Gasteiger partial charge in [-0.2, -0.15) is 0 Å². The molecule has 0 fully saturated rings. The second-order valence-electron chi connectivity index (χ2n) is 6.72. The molecular weight excluding hydrogens is 435 g/mol. The van der Waals surface area contributed by atoms with E-state index < -0.39 is 39.2 Å². The highest BCUT2D eigenvalue weighted by atomic mass is 35.5. The Morgan fingerprint density at radius 2 is 1.53 bits per heavy atom. The Hall–Kier alpha value is -2.51. The lowest BCUT2D eigenvalue weighted by molar-refractivity contribution is 0.569. The number of sulfonamides is 1. The van der Waals surface area contributed by atoms with Gasteiger partial charge in [0.2, 0.25) is 0 Å². The Bertz CT molecular complexity index is 1170. The number of hydrogen-bond donors (Lipinski definition) is 0. The average Bonchev–Trinajstić information content (AvgIpc) is 2.70. The zero-order valence-electron chi connectivity index (χ0n) is 16.2. The monoisotopic (exact) mass is 453 g/mol. The molecule has 0 aliphatic heterocycles. The van der Waals surface area contributed by atoms with Gasteiger partial charge >= 0.3 is 0 Å². The highest BCUT2D eigenvalue weighted by Crippen LogP contribution is 2.37. The average molecular weight is 454 g/mol. The molecule has 0 bridgehead atoms. The molecule has 158 valence electrons. The van der Waals surface area contributed by atoms with Gasteiger partial charge in [0.15, 0.2) is 0 Å². The van der Waals surface area contributed by atoms with Gasteiger partial charge in [0.05, 0.1) is 16.6 Å². The van der Waals surface area contributed by atoms with Crippen molar-refractivity contribution in [1.82, 2.24) is 0 Å². The van der Waals surface area contributed by atoms with Gasteiger partial charge in [-0.3, -0.25) is 4.31 Å². The second kappa shape index (κ2) is 8.70. The van der Waals surface area contributed by atoms with E-state index >= 15 is 0 Å². The third-order valence-electron chi connectivity index (χ3n) is 4.80. The summed E-state index contributed by atoms with van der Waals surface area (Å²) in [6.07, 6.45) is 0.428. The van der Waals surface area contributed by atoms with E-state index in [9.17, 15) is 21.6 Å². The van der Waals surface area contributed by atoms with Crippen LogP contribution < -0.4 is 4.31 Å². The summed E-state index contributed by atoms with van der Waals surface area (Å²) in [5.41, 5.74) is 0.611. The molecule has 0 radical (unpaired) electrons. The summed E-state index contributed by atoms with van der Waals surface area (Å²) in [5.74, 6) is -2.16. The fourth-order valence-corrected chi connectivity index (χ4v) is 5.10. The molecule has 0 amide bonds. The third kappa shape index (κ3) is 4.32. The Balaban J connectivity index is 2.25. The predicted octanol–water partition coefficient (Wildman–Crippen LogP) is 6.28. The van der Waals surface area contributed by atoms with E-state index in [1.165, 1.54) is 42.5 Å². The molecule has 3 nitrogen and oxygen atoms in total. The maximum atomic E-state index is 14.7. The summed E-state index contributed by atoms with van der Waals surface area (Å²) in [4.78, 5) is -0.137. The van der Waals surface area contributed by atoms with Crippen molar-refractivity contribution in [3.05, 3.63) is 94.3 Å². The number of hydrogen-bond acceptors (Lipinski definition) is 2. The SMILES string of the molecule is CCc1cc(F)ccc1C(C)N(c1cc(F)ccc1F)S(=O)(=O)c1ccc(Cl)cc1. The van der Waals surface area contributed by atoms with Crippen molar-refractivity contribution in [1.29, 1.82) is 0 Å². The number of rotatable bonds is 6. The summed E-state index contributed by atoms with van der Waals surface area (Å²) < 4.78 is 70.2. The van der Waals surface area contributed by atoms with E-state index in [2.05, 4.69) is 0 Å². The number of nitrogens with zero attached hydrogens (tertiary/aromatic N) is 1. The minimum Gasteiger partial charge on any atom is -0.256 e. The van der Waals surface area contributed by atoms with Gasteiger partial charge in [0, 0.05) is 11.1 Å². The molecule has 0 aliphatic rings. The van der Waals surface area contributed by atoms with Crippen LogP contribution in [0.5, 0.6) is 0 Å². The molecule has 0 spiro atoms. The van der Waals surface area contributed by atoms with Crippen LogP contribution in [0.1, 0.15) is 31.0 Å². The molecule has 0 heterocycles. The minimum absolute atomic E-state index is 0.137. The number of aryl methyl sites for hydroxylation is 1. The van der Waals surface area contributed by atoms with Gasteiger partial charge in [-0.1, -0.05) is 24.6 Å². The van der Waals surface area contributed by atoms with Crippen LogP contribution in [0.4, 0.5) is 18.9 Å². The summed E-state index contributed by atoms with van der Waals surface area (Å²) in [5, 5.41) is 0.331. The van der Waals surface area contributed by atoms with E-state index in [4.69, 9.17) is 11.6 Å². The van der Waals surface area contributed by atoms with E-state index in [0.29, 0.717) is 22.6 Å². The lowest BCUT2D eigenvalue weighted by atomic mass is 9.99. The molecule has 8 heteroatoms. The van der Waals surface area contributed by atoms with E-state index in [1.54, 1.807) is 13.8 Å². The standard InChI is InChI=1S/C22H19ClF3NO2S/c1-3-15-12-17(24)6-10-20(15)14(2)27(22-13-18(25)7-11-21(22)26)30(28,29)19-8-4-16(23)5-9-19/h4-14H,3H2,1-2H3. The van der Waals surface area contributed by atoms with Crippen LogP contribution in [-0.4, -0.2) is 8.42 Å². The van der Waals surface area contributed by atoms with Crippen molar-refractivity contribution in [2.24, 2.45) is 0 Å². The molecule has 0 saturated heterocycles. The normalized spacial score (nSPS) is 12.6. The van der Waals surface area contributed by atoms with Crippen LogP contribution in [0.3, 0.4) is 0 Å². The topological polar surface area (TPSA) is 37.4 Å². The van der Waals surface area contributed by atoms with Crippen molar-refractivity contribution < 1.29 is 21.6 Å². The van der Waals surface area contributed by atoms with Gasteiger partial charge in [0.25, 0.3) is 10.0 Å². The first-order valence-corrected chi connectivity index (χ1v) is 11.0. The van der Waals surface area contributed by atoms with Crippen molar-refractivity contribution >= 4 is 27.3 Å². The Kier molecular flexibility index (Phi) is 6.43. The maximum absolute atomic E-state index is 14.7. The summed E-state index contributed by atoms with van der Waals surface area (Å²) >= 11 is 5.86. The highest BCUT2D eigenvalue weighted by Gasteiger charge is 2.33. The molecular formula is C22H19ClF3NO2S. The van der Waals surface area contributed by atoms with Crippen LogP contribution in [0.2, 0.25) is 5.02 Å². The lowest BCUT2D eigenvalue weighted by Crippen LogP contribution is -2.35. The first-order chi connectivity index (χ1) is 14.1. The quantitative estimate of drug-likeness (QED) is 0.440. The van der Waals surface area contributed by atoms with Crippen molar-refractivity contribution in [3.63, 3.8) is 0 Å². The van der Waals surface area contributed by atoms with Crippen LogP contribution in [0.25, 0.3) is 0 Å². The summed E-state index contributed by atoms with van der Waals surface area (Å²) in [6, 6.07) is 11.0. The molecule has 0 saturated carbocycles. The van der Waals surface area contributed by atoms with Gasteiger partial charge in [-0.15, -0.1) is 0 Å². The van der Waals surface area contributed by atoms with Gasteiger partial charge in [0.1, 0.15) is 17.5 Å². The van der Waals surface area contributed by atoms with Crippen LogP contribution in [0.15, 0.2) is 65.6 Å². The summed E-state index contributed by atoms with van der Waals surface area (Å²) in [7, 11) is -4.32. The van der Waals surface area contributed by atoms with E-state index in [0.717, 1.165) is 22.5 Å². The van der Waals surface area contributed by atoms with E-state index in [1.807, 2.05) is 0 Å². The molecule has 3 aromatic rings. The molecule has 0 aromatic heterocycles. The molecule has 1 unspecified atom stereocenters. The Morgan fingerprint density at radius 1 is 0.933 bits per heavy atom. The number of benzene rings is 3. The van der Waals surface area contributed by atoms with E-state index in [-0.39, 0.29) is 4.90 Å². The summed E-state index contributed by atoms with van der Waals surface area (Å²) in [6.45, 7) is 3.34. The van der Waals surface area contributed by atoms with Crippen molar-refractivity contribution in [2.45, 2.75) is 31.2 Å². The van der Waals surface area contributed by atoms with Crippen LogP contribution in [0, 0.1) is 17.5 Å². The second-order valence-corrected chi connectivity index (χ2v) is 8.97. The smallest absolute Gasteiger partial charge is 0.256 e. The molecule has 1 atom stereocenters. The molecule has 3 aromatic carbocycles. The maximum Gasteiger partial charge on any atom is 0.264 e. The van der Waals surface area contributed by atoms with Gasteiger partial charge < -0.3 is 0 Å². The van der Waals surface area contributed by atoms with Crippen LogP contribution >= 0.6 is 11.6 Å². The highest BCUT2D eigenvalue weighted by molar-refractivity contribution is 7.92. The zero-order chi connectivity index (χ0) is 22.1. The zero-order valence-corrected chi connectivity index (χ0v) is 17.8. The molecule has 30 heavy (non-hydrogen) atoms. The Morgan fingerprint density at radius 3 is 2.17 bits per heavy atom. The fourth-order valence-electron chi connectivity index (χ4n) is 3.34. The number of anilines is 1. The molecule has 0 N–H and O–H groups in total. The fraction of sp³-hybridized carbons (Fsp3) is 0.182. The van der Waals surface area contributed by atoms with Gasteiger partial charge in [-0.25, -0.2) is 21.6 Å². The van der Waals surface area contributed by atoms with Gasteiger partial charge in [-0.05, 0) is 73.0 Å². The third-order valence-corrected chi connectivity index (χ3v) is 6.95. The molecule has 0 aliphatic carbocycles. The molecule has 3 rings (SSSR count). The largest absolute Gasteiger partial charge is 0.264 e. The van der Waals surface area contributed by atoms with Crippen molar-refractivity contribution in [3.8, 4) is 0 Å². The van der Waals surface area contributed by atoms with Crippen molar-refractivity contribution in [2.75, 3.05) is 4.31 Å². The minimum atomic E-state index is -4.32. The lowest BCUT2D eigenvalue weighted by Gasteiger charge is -2.32.